The van der Waals surface area contributed by atoms with Gasteiger partial charge in [-0.2, -0.15) is 5.26 Å². The highest BCUT2D eigenvalue weighted by molar-refractivity contribution is 7.80. The number of benzene rings is 2. The zero-order chi connectivity index (χ0) is 17.1. The number of rotatable bonds is 4. The third-order valence-corrected chi connectivity index (χ3v) is 4.20. The lowest BCUT2D eigenvalue weighted by molar-refractivity contribution is 0.836. The molecule has 0 aliphatic heterocycles. The fourth-order valence-electron chi connectivity index (χ4n) is 2.73. The first-order chi connectivity index (χ1) is 11.6. The first-order valence-electron chi connectivity index (χ1n) is 7.63. The lowest BCUT2D eigenvalue weighted by Gasteiger charge is -2.06. The highest BCUT2D eigenvalue weighted by atomic mass is 32.1. The second-order valence-electron chi connectivity index (χ2n) is 5.75. The van der Waals surface area contributed by atoms with Gasteiger partial charge in [0.1, 0.15) is 11.1 Å². The highest BCUT2D eigenvalue weighted by Crippen LogP contribution is 2.24. The van der Waals surface area contributed by atoms with E-state index in [4.69, 9.17) is 18.0 Å². The summed E-state index contributed by atoms with van der Waals surface area (Å²) in [4.78, 5) is 0.118. The molecule has 3 aromatic rings. The van der Waals surface area contributed by atoms with Gasteiger partial charge in [-0.3, -0.25) is 0 Å². The van der Waals surface area contributed by atoms with E-state index in [1.165, 1.54) is 11.1 Å². The molecule has 1 aromatic heterocycles. The molecule has 0 bridgehead atoms. The van der Waals surface area contributed by atoms with Crippen LogP contribution < -0.4 is 5.73 Å². The maximum atomic E-state index is 9.21. The molecule has 0 saturated heterocycles. The van der Waals surface area contributed by atoms with Crippen molar-refractivity contribution in [3.05, 3.63) is 77.0 Å². The van der Waals surface area contributed by atoms with Crippen molar-refractivity contribution in [2.45, 2.75) is 13.5 Å². The van der Waals surface area contributed by atoms with Crippen LogP contribution >= 0.6 is 12.2 Å². The first-order valence-corrected chi connectivity index (χ1v) is 8.04. The fraction of sp³-hybridized carbons (Fsp3) is 0.100. The topological polar surface area (TPSA) is 54.7 Å². The molecular formula is C20H17N3S. The summed E-state index contributed by atoms with van der Waals surface area (Å²) in [5.74, 6) is 0. The SMILES string of the molecule is Cc1ccc(Cn2cc(/C=C(/C#N)C(N)=S)c3ccccc32)cc1. The van der Waals surface area contributed by atoms with Gasteiger partial charge in [-0.1, -0.05) is 60.2 Å². The highest BCUT2D eigenvalue weighted by Gasteiger charge is 2.09. The second kappa shape index (κ2) is 6.69. The van der Waals surface area contributed by atoms with Gasteiger partial charge >= 0.3 is 0 Å². The molecule has 0 saturated carbocycles. The minimum atomic E-state index is 0.118. The molecular weight excluding hydrogens is 314 g/mol. The number of hydrogen-bond donors (Lipinski definition) is 1. The Morgan fingerprint density at radius 2 is 1.92 bits per heavy atom. The average Bonchev–Trinajstić information content (AvgIpc) is 2.92. The summed E-state index contributed by atoms with van der Waals surface area (Å²) in [6, 6.07) is 18.7. The Labute approximate surface area is 146 Å². The third-order valence-electron chi connectivity index (χ3n) is 3.98. The summed E-state index contributed by atoms with van der Waals surface area (Å²) in [5, 5.41) is 10.3. The summed E-state index contributed by atoms with van der Waals surface area (Å²) in [7, 11) is 0. The molecule has 2 aromatic carbocycles. The standard InChI is InChI=1S/C20H17N3S/c1-14-6-8-15(9-7-14)12-23-13-17(10-16(11-21)20(22)24)18-4-2-3-5-19(18)23/h2-10,13H,12H2,1H3,(H2,22,24)/b16-10-. The Kier molecular flexibility index (Phi) is 4.45. The number of nitrogens with two attached hydrogens (primary N) is 1. The monoisotopic (exact) mass is 331 g/mol. The summed E-state index contributed by atoms with van der Waals surface area (Å²) in [6.45, 7) is 2.85. The van der Waals surface area contributed by atoms with Gasteiger partial charge in [-0.25, -0.2) is 0 Å². The number of fused-ring (bicyclic) bond motifs is 1. The zero-order valence-corrected chi connectivity index (χ0v) is 14.2. The summed E-state index contributed by atoms with van der Waals surface area (Å²) < 4.78 is 2.18. The summed E-state index contributed by atoms with van der Waals surface area (Å²) in [5.41, 5.74) is 10.5. The summed E-state index contributed by atoms with van der Waals surface area (Å²) >= 11 is 4.94. The van der Waals surface area contributed by atoms with Crippen LogP contribution in [0.25, 0.3) is 17.0 Å². The van der Waals surface area contributed by atoms with Gasteiger partial charge in [-0.05, 0) is 24.6 Å². The van der Waals surface area contributed by atoms with Gasteiger partial charge in [0.2, 0.25) is 0 Å². The van der Waals surface area contributed by atoms with E-state index < -0.39 is 0 Å². The van der Waals surface area contributed by atoms with Crippen LogP contribution in [-0.2, 0) is 6.54 Å². The predicted octanol–water partition coefficient (Wildman–Crippen LogP) is 4.19. The number of thiocarbonyl (C=S) groups is 1. The van der Waals surface area contributed by atoms with Crippen molar-refractivity contribution in [2.24, 2.45) is 5.73 Å². The number of aryl methyl sites for hydroxylation is 1. The Morgan fingerprint density at radius 3 is 2.58 bits per heavy atom. The van der Waals surface area contributed by atoms with Crippen LogP contribution in [0.4, 0.5) is 0 Å². The van der Waals surface area contributed by atoms with E-state index >= 15 is 0 Å². The molecule has 0 atom stereocenters. The van der Waals surface area contributed by atoms with E-state index in [0.717, 1.165) is 23.0 Å². The van der Waals surface area contributed by atoms with Crippen LogP contribution in [0.15, 0.2) is 60.3 Å². The first kappa shape index (κ1) is 16.0. The molecule has 2 N–H and O–H groups in total. The van der Waals surface area contributed by atoms with Crippen LogP contribution in [0.5, 0.6) is 0 Å². The molecule has 0 unspecified atom stereocenters. The minimum Gasteiger partial charge on any atom is -0.389 e. The Bertz CT molecular complexity index is 972. The van der Waals surface area contributed by atoms with E-state index in [9.17, 15) is 5.26 Å². The Hall–Kier alpha value is -2.90. The lowest BCUT2D eigenvalue weighted by Crippen LogP contribution is -2.09. The van der Waals surface area contributed by atoms with Crippen molar-refractivity contribution in [2.75, 3.05) is 0 Å². The lowest BCUT2D eigenvalue weighted by atomic mass is 10.1. The van der Waals surface area contributed by atoms with Gasteiger partial charge in [0.25, 0.3) is 0 Å². The number of para-hydroxylation sites is 1. The molecule has 0 aliphatic carbocycles. The van der Waals surface area contributed by atoms with Crippen LogP contribution in [-0.4, -0.2) is 9.56 Å². The van der Waals surface area contributed by atoms with E-state index in [1.807, 2.05) is 24.4 Å². The molecule has 0 radical (unpaired) electrons. The van der Waals surface area contributed by atoms with Gasteiger partial charge in [0.15, 0.2) is 0 Å². The van der Waals surface area contributed by atoms with Crippen molar-refractivity contribution in [1.29, 1.82) is 5.26 Å². The Balaban J connectivity index is 2.08. The summed E-state index contributed by atoms with van der Waals surface area (Å²) in [6.07, 6.45) is 3.80. The normalized spacial score (nSPS) is 11.4. The third kappa shape index (κ3) is 3.22. The van der Waals surface area contributed by atoms with Crippen molar-refractivity contribution >= 4 is 34.2 Å². The van der Waals surface area contributed by atoms with E-state index in [0.29, 0.717) is 5.57 Å². The molecule has 0 fully saturated rings. The number of aromatic nitrogens is 1. The number of hydrogen-bond acceptors (Lipinski definition) is 2. The largest absolute Gasteiger partial charge is 0.389 e. The zero-order valence-electron chi connectivity index (χ0n) is 13.4. The van der Waals surface area contributed by atoms with Gasteiger partial charge in [-0.15, -0.1) is 0 Å². The molecule has 24 heavy (non-hydrogen) atoms. The van der Waals surface area contributed by atoms with E-state index in [1.54, 1.807) is 6.08 Å². The number of nitriles is 1. The molecule has 0 spiro atoms. The second-order valence-corrected chi connectivity index (χ2v) is 6.19. The maximum absolute atomic E-state index is 9.21. The maximum Gasteiger partial charge on any atom is 0.114 e. The molecule has 0 aliphatic rings. The van der Waals surface area contributed by atoms with Crippen molar-refractivity contribution in [1.82, 2.24) is 4.57 Å². The van der Waals surface area contributed by atoms with Crippen molar-refractivity contribution in [3.8, 4) is 6.07 Å². The van der Waals surface area contributed by atoms with Gasteiger partial charge in [0, 0.05) is 29.2 Å². The molecule has 3 rings (SSSR count). The van der Waals surface area contributed by atoms with Crippen molar-refractivity contribution in [3.63, 3.8) is 0 Å². The van der Waals surface area contributed by atoms with Crippen LogP contribution in [0, 0.1) is 18.3 Å². The fourth-order valence-corrected chi connectivity index (χ4v) is 2.83. The quantitative estimate of drug-likeness (QED) is 0.443. The van der Waals surface area contributed by atoms with E-state index in [-0.39, 0.29) is 4.99 Å². The van der Waals surface area contributed by atoms with Crippen LogP contribution in [0.3, 0.4) is 0 Å². The minimum absolute atomic E-state index is 0.118. The average molecular weight is 331 g/mol. The van der Waals surface area contributed by atoms with Crippen molar-refractivity contribution < 1.29 is 0 Å². The van der Waals surface area contributed by atoms with E-state index in [2.05, 4.69) is 47.9 Å². The Morgan fingerprint density at radius 1 is 1.21 bits per heavy atom. The molecule has 0 amide bonds. The molecule has 1 heterocycles. The molecule has 3 nitrogen and oxygen atoms in total. The predicted molar refractivity (Wildman–Crippen MR) is 103 cm³/mol. The molecule has 4 heteroatoms. The molecule has 118 valence electrons. The van der Waals surface area contributed by atoms with Gasteiger partial charge in [0.05, 0.1) is 5.57 Å². The smallest absolute Gasteiger partial charge is 0.114 e. The number of nitrogens with zero attached hydrogens (tertiary/aromatic N) is 2. The van der Waals surface area contributed by atoms with Crippen LogP contribution in [0.1, 0.15) is 16.7 Å². The van der Waals surface area contributed by atoms with Gasteiger partial charge < -0.3 is 10.3 Å². The van der Waals surface area contributed by atoms with Crippen LogP contribution in [0.2, 0.25) is 0 Å².